The molecule has 1 aliphatic rings. The molecule has 1 heterocycles. The summed E-state index contributed by atoms with van der Waals surface area (Å²) in [6.45, 7) is 5.51. The van der Waals surface area contributed by atoms with Crippen LogP contribution >= 0.6 is 11.6 Å². The molecule has 1 aliphatic heterocycles. The van der Waals surface area contributed by atoms with Gasteiger partial charge in [-0.1, -0.05) is 23.7 Å². The highest BCUT2D eigenvalue weighted by molar-refractivity contribution is 6.33. The lowest BCUT2D eigenvalue weighted by Crippen LogP contribution is -2.29. The van der Waals surface area contributed by atoms with Crippen molar-refractivity contribution in [1.29, 1.82) is 0 Å². The molecule has 0 unspecified atom stereocenters. The van der Waals surface area contributed by atoms with E-state index in [0.717, 1.165) is 18.8 Å². The van der Waals surface area contributed by atoms with Crippen molar-refractivity contribution in [1.82, 2.24) is 0 Å². The standard InChI is InChI=1S/C22H27ClN2O3/c1-2-27-14-15-28-21-9-5-4-8-18(21)22(26)24-17-10-11-20(19(23)16-17)25-12-6-3-7-13-25/h4-5,8-11,16H,2-3,6-7,12-15H2,1H3,(H,24,26). The number of para-hydroxylation sites is 1. The molecular weight excluding hydrogens is 376 g/mol. The van der Waals surface area contributed by atoms with Gasteiger partial charge in [0.25, 0.3) is 5.91 Å². The first-order valence-corrected chi connectivity index (χ1v) is 10.2. The number of rotatable bonds is 8. The molecule has 1 fully saturated rings. The van der Waals surface area contributed by atoms with E-state index in [0.29, 0.717) is 41.8 Å². The summed E-state index contributed by atoms with van der Waals surface area (Å²) in [5.41, 5.74) is 2.18. The maximum absolute atomic E-state index is 12.7. The lowest BCUT2D eigenvalue weighted by atomic mass is 10.1. The van der Waals surface area contributed by atoms with Gasteiger partial charge in [-0.05, 0) is 56.5 Å². The first-order chi connectivity index (χ1) is 13.7. The number of anilines is 2. The average molecular weight is 403 g/mol. The van der Waals surface area contributed by atoms with Crippen LogP contribution in [-0.2, 0) is 4.74 Å². The molecular formula is C22H27ClN2O3. The van der Waals surface area contributed by atoms with Crippen molar-refractivity contribution < 1.29 is 14.3 Å². The molecule has 1 saturated heterocycles. The summed E-state index contributed by atoms with van der Waals surface area (Å²) in [6, 6.07) is 12.9. The molecule has 0 spiro atoms. The highest BCUT2D eigenvalue weighted by Gasteiger charge is 2.16. The molecule has 6 heteroatoms. The van der Waals surface area contributed by atoms with Crippen molar-refractivity contribution in [2.45, 2.75) is 26.2 Å². The van der Waals surface area contributed by atoms with Crippen LogP contribution in [0.2, 0.25) is 5.02 Å². The molecule has 2 aromatic rings. The first kappa shape index (κ1) is 20.5. The molecule has 0 saturated carbocycles. The van der Waals surface area contributed by atoms with E-state index in [1.807, 2.05) is 37.3 Å². The Morgan fingerprint density at radius 1 is 1.11 bits per heavy atom. The number of amides is 1. The number of nitrogens with zero attached hydrogens (tertiary/aromatic N) is 1. The minimum atomic E-state index is -0.228. The molecule has 0 aromatic heterocycles. The van der Waals surface area contributed by atoms with Gasteiger partial charge in [-0.3, -0.25) is 4.79 Å². The normalized spacial score (nSPS) is 14.0. The van der Waals surface area contributed by atoms with Crippen molar-refractivity contribution >= 4 is 28.9 Å². The molecule has 28 heavy (non-hydrogen) atoms. The molecule has 1 N–H and O–H groups in total. The van der Waals surface area contributed by atoms with Gasteiger partial charge in [0.2, 0.25) is 0 Å². The van der Waals surface area contributed by atoms with Crippen LogP contribution in [0.3, 0.4) is 0 Å². The Kier molecular flexibility index (Phi) is 7.57. The third kappa shape index (κ3) is 5.40. The van der Waals surface area contributed by atoms with Gasteiger partial charge in [0, 0.05) is 25.4 Å². The van der Waals surface area contributed by atoms with E-state index >= 15 is 0 Å². The number of carbonyl (C=O) groups excluding carboxylic acids is 1. The Morgan fingerprint density at radius 3 is 2.64 bits per heavy atom. The minimum Gasteiger partial charge on any atom is -0.490 e. The maximum Gasteiger partial charge on any atom is 0.259 e. The zero-order chi connectivity index (χ0) is 19.8. The number of hydrogen-bond donors (Lipinski definition) is 1. The molecule has 150 valence electrons. The largest absolute Gasteiger partial charge is 0.490 e. The molecule has 0 radical (unpaired) electrons. The third-order valence-corrected chi connectivity index (χ3v) is 5.03. The summed E-state index contributed by atoms with van der Waals surface area (Å²) < 4.78 is 11.0. The Labute approximate surface area is 171 Å². The van der Waals surface area contributed by atoms with E-state index in [4.69, 9.17) is 21.1 Å². The van der Waals surface area contributed by atoms with Crippen LogP contribution in [0, 0.1) is 0 Å². The zero-order valence-corrected chi connectivity index (χ0v) is 17.0. The van der Waals surface area contributed by atoms with Gasteiger partial charge in [-0.2, -0.15) is 0 Å². The summed E-state index contributed by atoms with van der Waals surface area (Å²) in [7, 11) is 0. The molecule has 1 amide bonds. The van der Waals surface area contributed by atoms with Crippen LogP contribution in [0.25, 0.3) is 0 Å². The number of ether oxygens (including phenoxy) is 2. The Morgan fingerprint density at radius 2 is 1.89 bits per heavy atom. The molecule has 5 nitrogen and oxygen atoms in total. The number of halogens is 1. The van der Waals surface area contributed by atoms with Gasteiger partial charge in [0.1, 0.15) is 12.4 Å². The molecule has 0 atom stereocenters. The van der Waals surface area contributed by atoms with E-state index in [1.165, 1.54) is 19.3 Å². The lowest BCUT2D eigenvalue weighted by Gasteiger charge is -2.29. The predicted molar refractivity (Wildman–Crippen MR) is 114 cm³/mol. The molecule has 0 aliphatic carbocycles. The fourth-order valence-electron chi connectivity index (χ4n) is 3.31. The number of nitrogens with one attached hydrogen (secondary N) is 1. The van der Waals surface area contributed by atoms with Gasteiger partial charge < -0.3 is 19.7 Å². The number of piperidine rings is 1. The van der Waals surface area contributed by atoms with Gasteiger partial charge in [-0.15, -0.1) is 0 Å². The average Bonchev–Trinajstić information content (AvgIpc) is 2.72. The zero-order valence-electron chi connectivity index (χ0n) is 16.2. The summed E-state index contributed by atoms with van der Waals surface area (Å²) in [5.74, 6) is 0.310. The summed E-state index contributed by atoms with van der Waals surface area (Å²) in [4.78, 5) is 15.1. The first-order valence-electron chi connectivity index (χ1n) is 9.84. The fraction of sp³-hybridized carbons (Fsp3) is 0.409. The SMILES string of the molecule is CCOCCOc1ccccc1C(=O)Nc1ccc(N2CCCCC2)c(Cl)c1. The van der Waals surface area contributed by atoms with E-state index in [-0.39, 0.29) is 5.91 Å². The summed E-state index contributed by atoms with van der Waals surface area (Å²) in [6.07, 6.45) is 3.65. The predicted octanol–water partition coefficient (Wildman–Crippen LogP) is 5.00. The van der Waals surface area contributed by atoms with Gasteiger partial charge >= 0.3 is 0 Å². The second-order valence-corrected chi connectivity index (χ2v) is 7.12. The van der Waals surface area contributed by atoms with Crippen molar-refractivity contribution in [2.24, 2.45) is 0 Å². The van der Waals surface area contributed by atoms with Gasteiger partial charge in [-0.25, -0.2) is 0 Å². The van der Waals surface area contributed by atoms with Crippen LogP contribution in [0.15, 0.2) is 42.5 Å². The lowest BCUT2D eigenvalue weighted by molar-refractivity contribution is 0.0998. The second kappa shape index (κ2) is 10.3. The Balaban J connectivity index is 1.67. The maximum atomic E-state index is 12.7. The van der Waals surface area contributed by atoms with Crippen molar-refractivity contribution in [2.75, 3.05) is 43.1 Å². The molecule has 3 rings (SSSR count). The number of carbonyl (C=O) groups is 1. The van der Waals surface area contributed by atoms with E-state index in [1.54, 1.807) is 12.1 Å². The topological polar surface area (TPSA) is 50.8 Å². The number of benzene rings is 2. The molecule has 0 bridgehead atoms. The Bertz CT molecular complexity index is 791. The highest BCUT2D eigenvalue weighted by atomic mass is 35.5. The van der Waals surface area contributed by atoms with Gasteiger partial charge in [0.05, 0.1) is 22.9 Å². The fourth-order valence-corrected chi connectivity index (χ4v) is 3.61. The minimum absolute atomic E-state index is 0.228. The van der Waals surface area contributed by atoms with Crippen LogP contribution in [-0.4, -0.2) is 38.8 Å². The van der Waals surface area contributed by atoms with Crippen LogP contribution in [0.1, 0.15) is 36.5 Å². The van der Waals surface area contributed by atoms with Crippen LogP contribution in [0.5, 0.6) is 5.75 Å². The summed E-state index contributed by atoms with van der Waals surface area (Å²) in [5, 5.41) is 3.57. The van der Waals surface area contributed by atoms with E-state index < -0.39 is 0 Å². The van der Waals surface area contributed by atoms with Gasteiger partial charge in [0.15, 0.2) is 0 Å². The van der Waals surface area contributed by atoms with E-state index in [2.05, 4.69) is 10.2 Å². The summed E-state index contributed by atoms with van der Waals surface area (Å²) >= 11 is 6.49. The second-order valence-electron chi connectivity index (χ2n) is 6.71. The van der Waals surface area contributed by atoms with Crippen molar-refractivity contribution in [3.05, 3.63) is 53.1 Å². The smallest absolute Gasteiger partial charge is 0.259 e. The molecule has 2 aromatic carbocycles. The Hall–Kier alpha value is -2.24. The quantitative estimate of drug-likeness (QED) is 0.631. The number of hydrogen-bond acceptors (Lipinski definition) is 4. The van der Waals surface area contributed by atoms with Crippen LogP contribution in [0.4, 0.5) is 11.4 Å². The van der Waals surface area contributed by atoms with E-state index in [9.17, 15) is 4.79 Å². The van der Waals surface area contributed by atoms with Crippen molar-refractivity contribution in [3.8, 4) is 5.75 Å². The monoisotopic (exact) mass is 402 g/mol. The highest BCUT2D eigenvalue weighted by Crippen LogP contribution is 2.31. The van der Waals surface area contributed by atoms with Crippen LogP contribution < -0.4 is 15.0 Å². The van der Waals surface area contributed by atoms with Crippen molar-refractivity contribution in [3.63, 3.8) is 0 Å². The third-order valence-electron chi connectivity index (χ3n) is 4.72.